The maximum absolute atomic E-state index is 12.1. The smallest absolute Gasteiger partial charge is 0.253 e. The number of nitrogens with zero attached hydrogens (tertiary/aromatic N) is 1. The number of piperidine rings is 1. The molecule has 0 amide bonds. The number of rotatable bonds is 14. The van der Waals surface area contributed by atoms with Crippen molar-refractivity contribution in [3.05, 3.63) is 74.4 Å². The first-order valence-electron chi connectivity index (χ1n) is 12.6. The zero-order valence-corrected chi connectivity index (χ0v) is 21.6. The van der Waals surface area contributed by atoms with Gasteiger partial charge in [-0.2, -0.15) is 0 Å². The summed E-state index contributed by atoms with van der Waals surface area (Å²) in [4.78, 5) is 26.4. The average Bonchev–Trinajstić information content (AvgIpc) is 3.37. The molecule has 2 heterocycles. The number of nitrogens with one attached hydrogen (secondary N) is 2. The average molecular weight is 514 g/mol. The van der Waals surface area contributed by atoms with Gasteiger partial charge in [-0.15, -0.1) is 0 Å². The molecule has 2 unspecified atom stereocenters. The van der Waals surface area contributed by atoms with Crippen LogP contribution in [0.25, 0.3) is 0 Å². The lowest BCUT2D eigenvalue weighted by Gasteiger charge is -2.30. The number of ether oxygens (including phenoxy) is 1. The van der Waals surface area contributed by atoms with Gasteiger partial charge in [-0.05, 0) is 55.5 Å². The van der Waals surface area contributed by atoms with Crippen LogP contribution in [0.2, 0.25) is 0 Å². The third-order valence-electron chi connectivity index (χ3n) is 6.39. The predicted molar refractivity (Wildman–Crippen MR) is 144 cm³/mol. The SMILES string of the molecule is CC1CCCN(Cc2cccc(OCCCNc3c(NCCS(=O)Cc4ccoc4)c(=O)c3=O)c2)C1. The van der Waals surface area contributed by atoms with Crippen molar-refractivity contribution < 1.29 is 13.4 Å². The number of furan rings is 1. The number of hydrogen-bond donors (Lipinski definition) is 2. The van der Waals surface area contributed by atoms with E-state index in [1.54, 1.807) is 18.6 Å². The molecule has 1 saturated heterocycles. The van der Waals surface area contributed by atoms with Gasteiger partial charge in [0.05, 0.1) is 24.9 Å². The standard InChI is InChI=1S/C27H35N3O5S/c1-20-5-3-11-30(16-20)17-21-6-2-7-23(15-21)35-12-4-9-28-24-25(27(32)26(24)31)29-10-14-36(33)19-22-8-13-34-18-22/h2,6-8,13,15,18,20,28-29H,3-5,9-12,14,16-17,19H2,1H3. The third kappa shape index (κ3) is 7.30. The molecule has 1 aliphatic heterocycles. The molecule has 4 rings (SSSR count). The van der Waals surface area contributed by atoms with Crippen molar-refractivity contribution in [2.75, 3.05) is 49.2 Å². The van der Waals surface area contributed by atoms with Crippen molar-refractivity contribution in [3.63, 3.8) is 0 Å². The molecule has 0 aliphatic carbocycles. The van der Waals surface area contributed by atoms with E-state index in [4.69, 9.17) is 9.15 Å². The molecule has 9 heteroatoms. The molecule has 3 aromatic rings. The first kappa shape index (κ1) is 26.2. The van der Waals surface area contributed by atoms with Gasteiger partial charge in [-0.3, -0.25) is 18.7 Å². The summed E-state index contributed by atoms with van der Waals surface area (Å²) in [6, 6.07) is 10.0. The highest BCUT2D eigenvalue weighted by Crippen LogP contribution is 2.20. The van der Waals surface area contributed by atoms with Crippen molar-refractivity contribution in [3.8, 4) is 5.75 Å². The van der Waals surface area contributed by atoms with E-state index in [9.17, 15) is 13.8 Å². The highest BCUT2D eigenvalue weighted by atomic mass is 32.2. The molecular formula is C27H35N3O5S. The van der Waals surface area contributed by atoms with Crippen LogP contribution in [0.1, 0.15) is 37.3 Å². The van der Waals surface area contributed by atoms with Gasteiger partial charge in [0.1, 0.15) is 17.1 Å². The van der Waals surface area contributed by atoms with Gasteiger partial charge in [-0.1, -0.05) is 19.1 Å². The van der Waals surface area contributed by atoms with Gasteiger partial charge in [0.2, 0.25) is 0 Å². The molecule has 0 radical (unpaired) electrons. The zero-order chi connectivity index (χ0) is 25.3. The second kappa shape index (κ2) is 12.9. The Balaban J connectivity index is 1.15. The normalized spacial score (nSPS) is 17.2. The van der Waals surface area contributed by atoms with Gasteiger partial charge in [0.15, 0.2) is 0 Å². The second-order valence-electron chi connectivity index (χ2n) is 9.51. The fraction of sp³-hybridized carbons (Fsp3) is 0.481. The largest absolute Gasteiger partial charge is 0.494 e. The molecule has 1 aromatic heterocycles. The van der Waals surface area contributed by atoms with Gasteiger partial charge < -0.3 is 19.8 Å². The first-order chi connectivity index (χ1) is 17.5. The van der Waals surface area contributed by atoms with E-state index in [1.165, 1.54) is 18.4 Å². The van der Waals surface area contributed by atoms with Crippen molar-refractivity contribution in [2.24, 2.45) is 5.92 Å². The van der Waals surface area contributed by atoms with Gasteiger partial charge >= 0.3 is 0 Å². The number of anilines is 2. The summed E-state index contributed by atoms with van der Waals surface area (Å²) >= 11 is 0. The Morgan fingerprint density at radius 3 is 2.67 bits per heavy atom. The molecule has 1 fully saturated rings. The Labute approximate surface area is 214 Å². The van der Waals surface area contributed by atoms with Crippen LogP contribution >= 0.6 is 0 Å². The Morgan fingerprint density at radius 2 is 1.92 bits per heavy atom. The van der Waals surface area contributed by atoms with E-state index in [0.717, 1.165) is 36.9 Å². The molecule has 1 aliphatic rings. The Morgan fingerprint density at radius 1 is 1.11 bits per heavy atom. The number of hydrogen-bond acceptors (Lipinski definition) is 8. The third-order valence-corrected chi connectivity index (χ3v) is 7.70. The lowest BCUT2D eigenvalue weighted by atomic mass is 10.00. The van der Waals surface area contributed by atoms with Gasteiger partial charge in [0.25, 0.3) is 10.9 Å². The molecule has 36 heavy (non-hydrogen) atoms. The minimum Gasteiger partial charge on any atom is -0.494 e. The van der Waals surface area contributed by atoms with Crippen LogP contribution in [0.15, 0.2) is 56.9 Å². The minimum atomic E-state index is -1.09. The summed E-state index contributed by atoms with van der Waals surface area (Å²) in [5.41, 5.74) is 1.66. The van der Waals surface area contributed by atoms with E-state index < -0.39 is 21.7 Å². The van der Waals surface area contributed by atoms with E-state index in [2.05, 4.69) is 34.6 Å². The molecule has 0 spiro atoms. The van der Waals surface area contributed by atoms with Crippen LogP contribution in [0, 0.1) is 5.92 Å². The van der Waals surface area contributed by atoms with Crippen LogP contribution in [0.4, 0.5) is 11.4 Å². The molecule has 2 N–H and O–H groups in total. The Kier molecular flexibility index (Phi) is 9.35. The summed E-state index contributed by atoms with van der Waals surface area (Å²) < 4.78 is 23.0. The molecule has 0 saturated carbocycles. The fourth-order valence-electron chi connectivity index (χ4n) is 4.55. The Hall–Kier alpha value is -2.91. The van der Waals surface area contributed by atoms with Crippen molar-refractivity contribution >= 4 is 22.2 Å². The van der Waals surface area contributed by atoms with Gasteiger partial charge in [-0.25, -0.2) is 0 Å². The van der Waals surface area contributed by atoms with E-state index in [-0.39, 0.29) is 5.69 Å². The summed E-state index contributed by atoms with van der Waals surface area (Å²) in [6.07, 6.45) is 6.37. The van der Waals surface area contributed by atoms with Crippen LogP contribution < -0.4 is 26.2 Å². The molecule has 2 aromatic carbocycles. The van der Waals surface area contributed by atoms with E-state index >= 15 is 0 Å². The lowest BCUT2D eigenvalue weighted by molar-refractivity contribution is 0.176. The molecule has 0 bridgehead atoms. The number of benzene rings is 1. The minimum absolute atomic E-state index is 0.279. The summed E-state index contributed by atoms with van der Waals surface area (Å²) in [7, 11) is -1.09. The first-order valence-corrected chi connectivity index (χ1v) is 14.1. The van der Waals surface area contributed by atoms with Gasteiger partial charge in [0, 0.05) is 48.3 Å². The zero-order valence-electron chi connectivity index (χ0n) is 20.8. The van der Waals surface area contributed by atoms with Crippen LogP contribution in [-0.2, 0) is 23.1 Å². The van der Waals surface area contributed by atoms with Crippen molar-refractivity contribution in [1.82, 2.24) is 4.90 Å². The quantitative estimate of drug-likeness (QED) is 0.250. The lowest BCUT2D eigenvalue weighted by Crippen LogP contribution is -2.38. The molecule has 2 atom stereocenters. The fourth-order valence-corrected chi connectivity index (χ4v) is 5.56. The van der Waals surface area contributed by atoms with Crippen LogP contribution in [-0.4, -0.2) is 47.6 Å². The molecular weight excluding hydrogens is 478 g/mol. The maximum Gasteiger partial charge on any atom is 0.253 e. The van der Waals surface area contributed by atoms with Crippen molar-refractivity contribution in [1.29, 1.82) is 0 Å². The summed E-state index contributed by atoms with van der Waals surface area (Å²) in [5.74, 6) is 2.37. The van der Waals surface area contributed by atoms with E-state index in [1.807, 2.05) is 12.1 Å². The number of likely N-dealkylation sites (tertiary alicyclic amines) is 1. The van der Waals surface area contributed by atoms with Crippen LogP contribution in [0.5, 0.6) is 5.75 Å². The highest BCUT2D eigenvalue weighted by molar-refractivity contribution is 7.84. The van der Waals surface area contributed by atoms with Crippen molar-refractivity contribution in [2.45, 2.75) is 38.5 Å². The summed E-state index contributed by atoms with van der Waals surface area (Å²) in [6.45, 7) is 6.92. The predicted octanol–water partition coefficient (Wildman–Crippen LogP) is 3.35. The molecule has 194 valence electrons. The van der Waals surface area contributed by atoms with E-state index in [0.29, 0.717) is 43.3 Å². The topological polar surface area (TPSA) is 101 Å². The molecule has 8 nitrogen and oxygen atoms in total. The summed E-state index contributed by atoms with van der Waals surface area (Å²) in [5, 5.41) is 6.02. The Bertz CT molecular complexity index is 1200. The maximum atomic E-state index is 12.1. The van der Waals surface area contributed by atoms with Crippen LogP contribution in [0.3, 0.4) is 0 Å². The second-order valence-corrected chi connectivity index (χ2v) is 11.1. The highest BCUT2D eigenvalue weighted by Gasteiger charge is 2.20. The monoisotopic (exact) mass is 513 g/mol.